The van der Waals surface area contributed by atoms with Crippen LogP contribution >= 0.6 is 0 Å². The molecule has 5 heteroatoms. The van der Waals surface area contributed by atoms with Crippen LogP contribution in [0.25, 0.3) is 11.5 Å². The molecule has 1 aromatic carbocycles. The van der Waals surface area contributed by atoms with E-state index in [1.165, 1.54) is 0 Å². The van der Waals surface area contributed by atoms with Crippen LogP contribution in [-0.4, -0.2) is 34.7 Å². The third-order valence-electron chi connectivity index (χ3n) is 3.50. The van der Waals surface area contributed by atoms with Gasteiger partial charge in [0.1, 0.15) is 0 Å². The van der Waals surface area contributed by atoms with Crippen molar-refractivity contribution in [3.8, 4) is 11.5 Å². The van der Waals surface area contributed by atoms with Gasteiger partial charge in [-0.2, -0.15) is 0 Å². The maximum absolute atomic E-state index is 5.80. The molecule has 0 saturated heterocycles. The molecule has 2 N–H and O–H groups in total. The number of nitrogens with zero attached hydrogens (tertiary/aromatic N) is 3. The highest BCUT2D eigenvalue weighted by atomic mass is 16.4. The predicted molar refractivity (Wildman–Crippen MR) is 83.5 cm³/mol. The highest BCUT2D eigenvalue weighted by molar-refractivity contribution is 5.51. The average Bonchev–Trinajstić information content (AvgIpc) is 2.96. The molecule has 1 heterocycles. The van der Waals surface area contributed by atoms with Gasteiger partial charge in [-0.25, -0.2) is 0 Å². The minimum Gasteiger partial charge on any atom is -0.419 e. The van der Waals surface area contributed by atoms with Crippen molar-refractivity contribution in [2.45, 2.75) is 27.3 Å². The van der Waals surface area contributed by atoms with Crippen LogP contribution in [0.2, 0.25) is 0 Å². The molecule has 0 spiro atoms. The molecule has 0 radical (unpaired) electrons. The molecule has 0 bridgehead atoms. The van der Waals surface area contributed by atoms with E-state index in [4.69, 9.17) is 10.2 Å². The van der Waals surface area contributed by atoms with Gasteiger partial charge in [0.25, 0.3) is 0 Å². The molecule has 1 aromatic heterocycles. The summed E-state index contributed by atoms with van der Waals surface area (Å²) in [4.78, 5) is 2.27. The van der Waals surface area contributed by atoms with Crippen LogP contribution in [0.4, 0.5) is 0 Å². The SMILES string of the molecule is CCN(Cc1nnc(-c2ccccc2)o1)CC(C)(C)CN. The van der Waals surface area contributed by atoms with E-state index in [1.54, 1.807) is 0 Å². The number of aromatic nitrogens is 2. The summed E-state index contributed by atoms with van der Waals surface area (Å²) in [7, 11) is 0. The first kappa shape index (κ1) is 15.7. The fraction of sp³-hybridized carbons (Fsp3) is 0.500. The van der Waals surface area contributed by atoms with Crippen LogP contribution in [0, 0.1) is 5.41 Å². The minimum atomic E-state index is 0.0816. The van der Waals surface area contributed by atoms with Crippen LogP contribution in [0.15, 0.2) is 34.7 Å². The number of benzene rings is 1. The van der Waals surface area contributed by atoms with Gasteiger partial charge in [-0.1, -0.05) is 39.0 Å². The Kier molecular flexibility index (Phi) is 5.09. The van der Waals surface area contributed by atoms with Gasteiger partial charge in [-0.05, 0) is 30.6 Å². The lowest BCUT2D eigenvalue weighted by Crippen LogP contribution is -2.38. The lowest BCUT2D eigenvalue weighted by Gasteiger charge is -2.30. The van der Waals surface area contributed by atoms with Crippen LogP contribution in [-0.2, 0) is 6.54 Å². The van der Waals surface area contributed by atoms with Crippen LogP contribution in [0.5, 0.6) is 0 Å². The number of hydrogen-bond acceptors (Lipinski definition) is 5. The first-order valence-corrected chi connectivity index (χ1v) is 7.34. The molecule has 2 aromatic rings. The molecule has 2 rings (SSSR count). The van der Waals surface area contributed by atoms with Gasteiger partial charge in [0, 0.05) is 12.1 Å². The van der Waals surface area contributed by atoms with Crippen LogP contribution in [0.1, 0.15) is 26.7 Å². The Morgan fingerprint density at radius 2 is 1.90 bits per heavy atom. The van der Waals surface area contributed by atoms with Crippen molar-refractivity contribution in [3.63, 3.8) is 0 Å². The van der Waals surface area contributed by atoms with E-state index >= 15 is 0 Å². The van der Waals surface area contributed by atoms with Crippen LogP contribution < -0.4 is 5.73 Å². The second-order valence-corrected chi connectivity index (χ2v) is 6.04. The second-order valence-electron chi connectivity index (χ2n) is 6.04. The quantitative estimate of drug-likeness (QED) is 0.848. The Hall–Kier alpha value is -1.72. The van der Waals surface area contributed by atoms with Gasteiger partial charge in [0.15, 0.2) is 0 Å². The second kappa shape index (κ2) is 6.83. The number of hydrogen-bond donors (Lipinski definition) is 1. The summed E-state index contributed by atoms with van der Waals surface area (Å²) in [5.74, 6) is 1.21. The third-order valence-corrected chi connectivity index (χ3v) is 3.50. The molecule has 0 aliphatic carbocycles. The molecule has 0 amide bonds. The predicted octanol–water partition coefficient (Wildman–Crippen LogP) is 2.54. The Bertz CT molecular complexity index is 550. The summed E-state index contributed by atoms with van der Waals surface area (Å²) >= 11 is 0. The molecule has 0 atom stereocenters. The summed E-state index contributed by atoms with van der Waals surface area (Å²) < 4.78 is 5.76. The molecule has 114 valence electrons. The molecule has 0 aliphatic heterocycles. The maximum atomic E-state index is 5.80. The van der Waals surface area contributed by atoms with Gasteiger partial charge in [-0.3, -0.25) is 4.90 Å². The van der Waals surface area contributed by atoms with Gasteiger partial charge in [0.2, 0.25) is 11.8 Å². The highest BCUT2D eigenvalue weighted by Crippen LogP contribution is 2.19. The molecule has 0 unspecified atom stereocenters. The van der Waals surface area contributed by atoms with E-state index in [9.17, 15) is 0 Å². The first-order chi connectivity index (χ1) is 10.0. The molecule has 5 nitrogen and oxygen atoms in total. The summed E-state index contributed by atoms with van der Waals surface area (Å²) in [5, 5.41) is 8.27. The highest BCUT2D eigenvalue weighted by Gasteiger charge is 2.21. The Balaban J connectivity index is 2.04. The number of nitrogens with two attached hydrogens (primary N) is 1. The zero-order valence-electron chi connectivity index (χ0n) is 13.0. The fourth-order valence-electron chi connectivity index (χ4n) is 2.16. The summed E-state index contributed by atoms with van der Waals surface area (Å²) in [6.07, 6.45) is 0. The standard InChI is InChI=1S/C16H24N4O/c1-4-20(12-16(2,3)11-17)10-14-18-19-15(21-14)13-8-6-5-7-9-13/h5-9H,4,10-12,17H2,1-3H3. The van der Waals surface area contributed by atoms with E-state index in [1.807, 2.05) is 30.3 Å². The summed E-state index contributed by atoms with van der Waals surface area (Å²) in [5.41, 5.74) is 6.83. The molecule has 0 fully saturated rings. The summed E-state index contributed by atoms with van der Waals surface area (Å²) in [6, 6.07) is 9.82. The van der Waals surface area contributed by atoms with Crippen molar-refractivity contribution in [2.75, 3.05) is 19.6 Å². The van der Waals surface area contributed by atoms with Gasteiger partial charge in [-0.15, -0.1) is 10.2 Å². The van der Waals surface area contributed by atoms with Gasteiger partial charge < -0.3 is 10.2 Å². The van der Waals surface area contributed by atoms with Crippen molar-refractivity contribution >= 4 is 0 Å². The topological polar surface area (TPSA) is 68.2 Å². The Labute approximate surface area is 126 Å². The van der Waals surface area contributed by atoms with E-state index in [0.717, 1.165) is 18.7 Å². The average molecular weight is 288 g/mol. The lowest BCUT2D eigenvalue weighted by atomic mass is 9.93. The Morgan fingerprint density at radius 1 is 1.19 bits per heavy atom. The Morgan fingerprint density at radius 3 is 2.52 bits per heavy atom. The maximum Gasteiger partial charge on any atom is 0.247 e. The van der Waals surface area contributed by atoms with E-state index in [-0.39, 0.29) is 5.41 Å². The monoisotopic (exact) mass is 288 g/mol. The zero-order valence-corrected chi connectivity index (χ0v) is 13.0. The molecule has 0 saturated carbocycles. The van der Waals surface area contributed by atoms with E-state index in [0.29, 0.717) is 24.9 Å². The molecule has 21 heavy (non-hydrogen) atoms. The zero-order chi connectivity index (χ0) is 15.3. The van der Waals surface area contributed by atoms with Gasteiger partial charge >= 0.3 is 0 Å². The largest absolute Gasteiger partial charge is 0.419 e. The van der Waals surface area contributed by atoms with E-state index < -0.39 is 0 Å². The van der Waals surface area contributed by atoms with Crippen molar-refractivity contribution < 1.29 is 4.42 Å². The van der Waals surface area contributed by atoms with Crippen molar-refractivity contribution in [1.29, 1.82) is 0 Å². The minimum absolute atomic E-state index is 0.0816. The normalized spacial score (nSPS) is 12.0. The summed E-state index contributed by atoms with van der Waals surface area (Å²) in [6.45, 7) is 9.59. The fourth-order valence-corrected chi connectivity index (χ4v) is 2.16. The van der Waals surface area contributed by atoms with Crippen molar-refractivity contribution in [2.24, 2.45) is 11.1 Å². The van der Waals surface area contributed by atoms with Crippen molar-refractivity contribution in [1.82, 2.24) is 15.1 Å². The van der Waals surface area contributed by atoms with Crippen molar-refractivity contribution in [3.05, 3.63) is 36.2 Å². The smallest absolute Gasteiger partial charge is 0.247 e. The third kappa shape index (κ3) is 4.37. The molecular formula is C16H24N4O. The molecule has 0 aliphatic rings. The molecular weight excluding hydrogens is 264 g/mol. The first-order valence-electron chi connectivity index (χ1n) is 7.34. The lowest BCUT2D eigenvalue weighted by molar-refractivity contribution is 0.170. The van der Waals surface area contributed by atoms with Gasteiger partial charge in [0.05, 0.1) is 6.54 Å². The van der Waals surface area contributed by atoms with E-state index in [2.05, 4.69) is 35.9 Å². The number of rotatable bonds is 7. The van der Waals surface area contributed by atoms with Crippen LogP contribution in [0.3, 0.4) is 0 Å².